The van der Waals surface area contributed by atoms with E-state index in [2.05, 4.69) is 10.6 Å². The summed E-state index contributed by atoms with van der Waals surface area (Å²) in [7, 11) is 5.83. The first-order valence-corrected chi connectivity index (χ1v) is 21.3. The van der Waals surface area contributed by atoms with Crippen molar-refractivity contribution in [2.24, 2.45) is 0 Å². The van der Waals surface area contributed by atoms with E-state index in [0.717, 1.165) is 0 Å². The van der Waals surface area contributed by atoms with Crippen molar-refractivity contribution >= 4 is 182 Å². The molecule has 2 rings (SSSR count). The number of halogens is 6. The lowest BCUT2D eigenvalue weighted by atomic mass is 10.1. The second-order valence-electron chi connectivity index (χ2n) is 10.8. The minimum atomic E-state index is -1.21. The Morgan fingerprint density at radius 2 is 0.615 bits per heavy atom. The predicted molar refractivity (Wildman–Crippen MR) is 243 cm³/mol. The molecule has 0 radical (unpaired) electrons. The van der Waals surface area contributed by atoms with Gasteiger partial charge in [0.1, 0.15) is 0 Å². The van der Waals surface area contributed by atoms with Crippen LogP contribution in [0.5, 0.6) is 0 Å². The number of benzene rings is 2. The van der Waals surface area contributed by atoms with E-state index in [9.17, 15) is 49.2 Å². The highest BCUT2D eigenvalue weighted by Crippen LogP contribution is 2.39. The summed E-state index contributed by atoms with van der Waals surface area (Å²) < 4.78 is 1.35. The van der Waals surface area contributed by atoms with Gasteiger partial charge in [-0.15, -0.1) is 0 Å². The summed E-state index contributed by atoms with van der Waals surface area (Å²) in [5.41, 5.74) is 0.140. The Bertz CT molecular complexity index is 1540. The van der Waals surface area contributed by atoms with Crippen LogP contribution < -0.4 is 10.6 Å². The molecule has 0 aliphatic carbocycles. The monoisotopic (exact) mass is 1400 g/mol. The number of aliphatic hydroxyl groups excluding tert-OH is 4. The number of likely N-dealkylation sites (N-methyl/N-ethyl adjacent to an activating group) is 4. The molecule has 0 aromatic heterocycles. The molecule has 52 heavy (non-hydrogen) atoms. The van der Waals surface area contributed by atoms with Gasteiger partial charge in [-0.05, 0) is 136 Å². The normalized spacial score (nSPS) is 10.8. The zero-order valence-electron chi connectivity index (χ0n) is 28.0. The number of carbonyl (C=O) groups is 6. The second-order valence-corrected chi connectivity index (χ2v) is 17.3. The highest BCUT2D eigenvalue weighted by Gasteiger charge is 2.34. The lowest BCUT2D eigenvalue weighted by molar-refractivity contribution is -0.133. The number of anilines is 2. The zero-order valence-corrected chi connectivity index (χ0v) is 40.9. The molecule has 6 amide bonds. The van der Waals surface area contributed by atoms with Crippen LogP contribution in [0.25, 0.3) is 0 Å². The van der Waals surface area contributed by atoms with Crippen molar-refractivity contribution in [2.45, 2.75) is 0 Å². The van der Waals surface area contributed by atoms with Gasteiger partial charge in [0.15, 0.2) is 0 Å². The SMILES string of the molecule is CN(CCO)C(=O)c1c(I)c(NC(=O)C(=O)Nc2c(I)c(C(=O)N(C)CCO)c(I)c(C(=O)N(C)CCO)c2I)c(I)c(C(=O)N(C)CCO)c1I. The van der Waals surface area contributed by atoms with Crippen molar-refractivity contribution < 1.29 is 49.2 Å². The van der Waals surface area contributed by atoms with E-state index in [4.69, 9.17) is 0 Å². The van der Waals surface area contributed by atoms with Gasteiger partial charge in [-0.25, -0.2) is 0 Å². The molecule has 2 aromatic rings. The topological polar surface area (TPSA) is 220 Å². The quantitative estimate of drug-likeness (QED) is 0.120. The van der Waals surface area contributed by atoms with Crippen LogP contribution in [-0.4, -0.2) is 156 Å². The molecule has 0 bridgehead atoms. The van der Waals surface area contributed by atoms with Crippen LogP contribution in [0.3, 0.4) is 0 Å². The Balaban J connectivity index is 2.78. The molecule has 0 aliphatic rings. The summed E-state index contributed by atoms with van der Waals surface area (Å²) in [5.74, 6) is -4.66. The van der Waals surface area contributed by atoms with Crippen LogP contribution in [0, 0.1) is 21.4 Å². The van der Waals surface area contributed by atoms with Crippen LogP contribution >= 0.6 is 136 Å². The largest absolute Gasteiger partial charge is 0.395 e. The molecule has 286 valence electrons. The van der Waals surface area contributed by atoms with Crippen LogP contribution in [0.2, 0.25) is 0 Å². The van der Waals surface area contributed by atoms with Crippen LogP contribution in [0.15, 0.2) is 0 Å². The maximum Gasteiger partial charge on any atom is 0.314 e. The molecule has 0 atom stereocenters. The molecular formula is C30H34I6N6O10. The van der Waals surface area contributed by atoms with Crippen molar-refractivity contribution in [2.75, 3.05) is 91.4 Å². The third-order valence-electron chi connectivity index (χ3n) is 7.30. The first-order chi connectivity index (χ1) is 24.3. The molecule has 0 aliphatic heterocycles. The number of amides is 6. The number of hydrogen-bond donors (Lipinski definition) is 6. The molecule has 0 saturated carbocycles. The van der Waals surface area contributed by atoms with Gasteiger partial charge >= 0.3 is 11.8 Å². The molecular weight excluding hydrogens is 1370 g/mol. The number of rotatable bonds is 14. The standard InChI is InChI=1S/C30H34I6N6O10/c1-39(5-9-43)27(49)13-17(31)14(28(50)40(2)6-10-44)20(34)23(19(13)33)37-25(47)26(48)38-24-21(35)15(29(51)41(3)7-11-45)18(32)16(22(24)36)30(52)42(4)8-12-46/h43-46H,5-12H2,1-4H3,(H,37,47)(H,38,48). The summed E-state index contributed by atoms with van der Waals surface area (Å²) in [6.07, 6.45) is 0. The van der Waals surface area contributed by atoms with Crippen LogP contribution in [0.4, 0.5) is 11.4 Å². The van der Waals surface area contributed by atoms with E-state index in [1.165, 1.54) is 47.8 Å². The van der Waals surface area contributed by atoms with Crippen molar-refractivity contribution in [3.8, 4) is 0 Å². The summed E-state index contributed by atoms with van der Waals surface area (Å²) >= 11 is 11.0. The summed E-state index contributed by atoms with van der Waals surface area (Å²) in [5, 5.41) is 42.9. The van der Waals surface area contributed by atoms with Crippen molar-refractivity contribution in [3.05, 3.63) is 43.7 Å². The van der Waals surface area contributed by atoms with Gasteiger partial charge in [-0.2, -0.15) is 0 Å². The van der Waals surface area contributed by atoms with Crippen molar-refractivity contribution in [1.29, 1.82) is 0 Å². The molecule has 22 heteroatoms. The minimum absolute atomic E-state index is 0.0155. The first-order valence-electron chi connectivity index (χ1n) is 14.8. The Morgan fingerprint density at radius 3 is 0.788 bits per heavy atom. The molecule has 0 saturated heterocycles. The summed E-state index contributed by atoms with van der Waals surface area (Å²) in [6, 6.07) is 0. The number of hydrogen-bond acceptors (Lipinski definition) is 10. The predicted octanol–water partition coefficient (Wildman–Crippen LogP) is 2.15. The molecule has 0 heterocycles. The van der Waals surface area contributed by atoms with Gasteiger partial charge < -0.3 is 50.7 Å². The average Bonchev–Trinajstić information content (AvgIpc) is 3.08. The molecule has 2 aromatic carbocycles. The Morgan fingerprint density at radius 1 is 0.423 bits per heavy atom. The van der Waals surface area contributed by atoms with Crippen LogP contribution in [0.1, 0.15) is 41.4 Å². The first kappa shape index (κ1) is 47.6. The third-order valence-corrected chi connectivity index (χ3v) is 13.8. The van der Waals surface area contributed by atoms with Gasteiger partial charge in [-0.1, -0.05) is 0 Å². The van der Waals surface area contributed by atoms with Crippen molar-refractivity contribution in [3.63, 3.8) is 0 Å². The lowest BCUT2D eigenvalue weighted by Crippen LogP contribution is -2.36. The minimum Gasteiger partial charge on any atom is -0.395 e. The average molecular weight is 1400 g/mol. The number of aliphatic hydroxyl groups is 4. The van der Waals surface area contributed by atoms with E-state index >= 15 is 0 Å². The highest BCUT2D eigenvalue weighted by atomic mass is 127. The fourth-order valence-corrected chi connectivity index (χ4v) is 13.1. The molecule has 16 nitrogen and oxygen atoms in total. The lowest BCUT2D eigenvalue weighted by Gasteiger charge is -2.25. The highest BCUT2D eigenvalue weighted by molar-refractivity contribution is 14.1. The maximum absolute atomic E-state index is 13.7. The zero-order chi connectivity index (χ0) is 39.8. The molecule has 6 N–H and O–H groups in total. The molecule has 0 fully saturated rings. The van der Waals surface area contributed by atoms with Gasteiger partial charge in [0.05, 0.1) is 74.3 Å². The fraction of sp³-hybridized carbons (Fsp3) is 0.400. The Kier molecular flexibility index (Phi) is 19.9. The molecule has 0 spiro atoms. The summed E-state index contributed by atoms with van der Waals surface area (Å²) in [4.78, 5) is 86.6. The Hall–Kier alpha value is -0.520. The molecule has 0 unspecified atom stereocenters. The maximum atomic E-state index is 13.7. The van der Waals surface area contributed by atoms with Gasteiger partial charge in [0.2, 0.25) is 0 Å². The van der Waals surface area contributed by atoms with E-state index in [0.29, 0.717) is 0 Å². The van der Waals surface area contributed by atoms with E-state index in [1.54, 1.807) is 0 Å². The number of nitrogens with zero attached hydrogens (tertiary/aromatic N) is 4. The summed E-state index contributed by atoms with van der Waals surface area (Å²) in [6.45, 7) is -1.43. The number of nitrogens with one attached hydrogen (secondary N) is 2. The van der Waals surface area contributed by atoms with Gasteiger partial charge in [0, 0.05) is 61.5 Å². The second kappa shape index (κ2) is 21.7. The van der Waals surface area contributed by atoms with Gasteiger partial charge in [0.25, 0.3) is 23.6 Å². The van der Waals surface area contributed by atoms with Crippen LogP contribution in [-0.2, 0) is 9.59 Å². The number of carbonyl (C=O) groups excluding carboxylic acids is 6. The van der Waals surface area contributed by atoms with E-state index in [1.807, 2.05) is 136 Å². The van der Waals surface area contributed by atoms with Gasteiger partial charge in [-0.3, -0.25) is 28.8 Å². The Labute approximate surface area is 381 Å². The van der Waals surface area contributed by atoms with E-state index < -0.39 is 35.4 Å². The third kappa shape index (κ3) is 10.9. The van der Waals surface area contributed by atoms with Crippen molar-refractivity contribution in [1.82, 2.24) is 19.6 Å². The fourth-order valence-electron chi connectivity index (χ4n) is 4.41. The smallest absolute Gasteiger partial charge is 0.314 e. The van der Waals surface area contributed by atoms with E-state index in [-0.39, 0.29) is 108 Å².